The van der Waals surface area contributed by atoms with E-state index in [0.29, 0.717) is 24.5 Å². The number of phenolic OH excluding ortho intramolecular Hbond substituents is 1. The minimum absolute atomic E-state index is 0.0163. The van der Waals surface area contributed by atoms with Crippen LogP contribution in [0.25, 0.3) is 0 Å². The van der Waals surface area contributed by atoms with Gasteiger partial charge in [0.2, 0.25) is 0 Å². The van der Waals surface area contributed by atoms with Gasteiger partial charge < -0.3 is 20.3 Å². The number of carbonyl (C=O) groups excluding carboxylic acids is 1. The summed E-state index contributed by atoms with van der Waals surface area (Å²) in [5, 5.41) is 23.3. The molecule has 0 aromatic heterocycles. The first-order valence-corrected chi connectivity index (χ1v) is 5.85. The summed E-state index contributed by atoms with van der Waals surface area (Å²) in [6, 6.07) is 4.94. The van der Waals surface area contributed by atoms with E-state index in [9.17, 15) is 15.0 Å². The fraction of sp³-hybridized carbons (Fsp3) is 0.417. The van der Waals surface area contributed by atoms with Crippen LogP contribution in [0.1, 0.15) is 18.4 Å². The number of hydrogen-bond acceptors (Lipinski definition) is 4. The maximum Gasteiger partial charge on any atom is 0.118 e. The van der Waals surface area contributed by atoms with E-state index >= 15 is 0 Å². The molecule has 2 N–H and O–H groups in total. The van der Waals surface area contributed by atoms with Crippen LogP contribution in [0, 0.1) is 0 Å². The Labute approximate surface area is 105 Å². The van der Waals surface area contributed by atoms with Crippen molar-refractivity contribution in [1.29, 1.82) is 0 Å². The average molecular weight is 257 g/mol. The molecule has 0 heterocycles. The number of rotatable bonds is 7. The Bertz CT molecular complexity index is 382. The van der Waals surface area contributed by atoms with Gasteiger partial charge in [-0.3, -0.25) is 0 Å². The van der Waals surface area contributed by atoms with E-state index in [1.165, 1.54) is 0 Å². The van der Waals surface area contributed by atoms with Gasteiger partial charge in [-0.05, 0) is 49.6 Å². The first kappa shape index (κ1) is 13.8. The van der Waals surface area contributed by atoms with Gasteiger partial charge in [-0.25, -0.2) is 0 Å². The van der Waals surface area contributed by atoms with Crippen LogP contribution in [0.15, 0.2) is 18.2 Å². The summed E-state index contributed by atoms with van der Waals surface area (Å²) in [6.45, 7) is 1.10. The number of aliphatic carboxylic acids is 1. The van der Waals surface area contributed by atoms with Crippen LogP contribution in [0.4, 0.5) is 0 Å². The van der Waals surface area contributed by atoms with Gasteiger partial charge in [-0.15, -0.1) is 0 Å². The predicted octanol–water partition coefficient (Wildman–Crippen LogP) is 0.708. The van der Waals surface area contributed by atoms with Crippen molar-refractivity contribution in [2.45, 2.75) is 19.3 Å². The van der Waals surface area contributed by atoms with E-state index < -0.39 is 5.97 Å². The highest BCUT2D eigenvalue weighted by Crippen LogP contribution is 2.22. The van der Waals surface area contributed by atoms with Crippen LogP contribution in [0.5, 0.6) is 5.75 Å². The fourth-order valence-electron chi connectivity index (χ4n) is 1.47. The van der Waals surface area contributed by atoms with E-state index in [4.69, 9.17) is 11.6 Å². The zero-order valence-electron chi connectivity index (χ0n) is 9.41. The molecule has 1 aromatic rings. The second-order valence-electron chi connectivity index (χ2n) is 3.75. The van der Waals surface area contributed by atoms with E-state index in [-0.39, 0.29) is 12.2 Å². The molecule has 1 aromatic carbocycles. The predicted molar refractivity (Wildman–Crippen MR) is 63.9 cm³/mol. The van der Waals surface area contributed by atoms with Gasteiger partial charge in [0.05, 0.1) is 0 Å². The van der Waals surface area contributed by atoms with Crippen molar-refractivity contribution in [3.8, 4) is 5.75 Å². The smallest absolute Gasteiger partial charge is 0.118 e. The number of hydrogen-bond donors (Lipinski definition) is 2. The van der Waals surface area contributed by atoms with Gasteiger partial charge in [0.15, 0.2) is 0 Å². The summed E-state index contributed by atoms with van der Waals surface area (Å²) in [5.41, 5.74) is 0.805. The monoisotopic (exact) mass is 256 g/mol. The molecule has 5 heteroatoms. The zero-order valence-corrected chi connectivity index (χ0v) is 10.2. The molecular formula is C12H15ClNO3-. The molecule has 17 heavy (non-hydrogen) atoms. The van der Waals surface area contributed by atoms with Gasteiger partial charge in [-0.2, -0.15) is 0 Å². The Morgan fingerprint density at radius 3 is 2.88 bits per heavy atom. The lowest BCUT2D eigenvalue weighted by Crippen LogP contribution is -2.28. The number of carboxylic acids is 1. The third kappa shape index (κ3) is 5.56. The van der Waals surface area contributed by atoms with Gasteiger partial charge >= 0.3 is 0 Å². The summed E-state index contributed by atoms with van der Waals surface area (Å²) in [7, 11) is 0. The number of aromatic hydroxyl groups is 1. The molecule has 0 saturated heterocycles. The Morgan fingerprint density at radius 1 is 1.41 bits per heavy atom. The van der Waals surface area contributed by atoms with Crippen molar-refractivity contribution >= 4 is 17.6 Å². The topological polar surface area (TPSA) is 72.4 Å². The van der Waals surface area contributed by atoms with Crippen molar-refractivity contribution < 1.29 is 15.0 Å². The summed E-state index contributed by atoms with van der Waals surface area (Å²) in [5.74, 6) is -0.811. The molecule has 0 aliphatic rings. The molecule has 0 radical (unpaired) electrons. The average Bonchev–Trinajstić information content (AvgIpc) is 2.27. The van der Waals surface area contributed by atoms with Gasteiger partial charge in [0, 0.05) is 17.5 Å². The summed E-state index contributed by atoms with van der Waals surface area (Å²) in [6.07, 6.45) is 1.52. The zero-order chi connectivity index (χ0) is 12.7. The summed E-state index contributed by atoms with van der Waals surface area (Å²) < 4.78 is 0. The third-order valence-corrected chi connectivity index (χ3v) is 2.58. The Morgan fingerprint density at radius 2 is 2.18 bits per heavy atom. The van der Waals surface area contributed by atoms with Crippen LogP contribution < -0.4 is 10.4 Å². The first-order chi connectivity index (χ1) is 8.09. The third-order valence-electron chi connectivity index (χ3n) is 2.35. The van der Waals surface area contributed by atoms with E-state index in [0.717, 1.165) is 12.0 Å². The van der Waals surface area contributed by atoms with Crippen LogP contribution in [0.2, 0.25) is 5.02 Å². The molecule has 0 fully saturated rings. The second-order valence-corrected chi connectivity index (χ2v) is 4.19. The Hall–Kier alpha value is -1.26. The molecule has 0 unspecified atom stereocenters. The van der Waals surface area contributed by atoms with Crippen LogP contribution in [0.3, 0.4) is 0 Å². The minimum atomic E-state index is -1.05. The molecule has 0 saturated carbocycles. The number of phenols is 1. The van der Waals surface area contributed by atoms with Crippen molar-refractivity contribution in [3.05, 3.63) is 28.8 Å². The molecule has 1 rings (SSSR count). The molecule has 0 atom stereocenters. The Kier molecular flexibility index (Phi) is 5.80. The maximum absolute atomic E-state index is 10.1. The maximum atomic E-state index is 10.1. The van der Waals surface area contributed by atoms with E-state index in [1.807, 2.05) is 0 Å². The lowest BCUT2D eigenvalue weighted by molar-refractivity contribution is -0.305. The van der Waals surface area contributed by atoms with Crippen molar-refractivity contribution in [2.75, 3.05) is 13.1 Å². The molecule has 0 amide bonds. The quantitative estimate of drug-likeness (QED) is 0.705. The van der Waals surface area contributed by atoms with Crippen LogP contribution in [-0.4, -0.2) is 24.2 Å². The molecule has 0 spiro atoms. The molecule has 94 valence electrons. The largest absolute Gasteiger partial charge is 0.550 e. The molecule has 0 aliphatic heterocycles. The van der Waals surface area contributed by atoms with Crippen LogP contribution in [-0.2, 0) is 11.2 Å². The molecule has 0 aliphatic carbocycles. The minimum Gasteiger partial charge on any atom is -0.550 e. The molecule has 0 bridgehead atoms. The highest BCUT2D eigenvalue weighted by Gasteiger charge is 2.01. The lowest BCUT2D eigenvalue weighted by Gasteiger charge is -2.07. The number of aryl methyl sites for hydroxylation is 1. The van der Waals surface area contributed by atoms with E-state index in [1.54, 1.807) is 18.2 Å². The highest BCUT2D eigenvalue weighted by atomic mass is 35.5. The SMILES string of the molecule is O=C([O-])CCNCCCc1cc(Cl)ccc1O. The van der Waals surface area contributed by atoms with Crippen LogP contribution >= 0.6 is 11.6 Å². The standard InChI is InChI=1S/C12H16ClNO3/c13-10-3-4-11(15)9(8-10)2-1-6-14-7-5-12(16)17/h3-4,8,14-15H,1-2,5-7H2,(H,16,17)/p-1. The van der Waals surface area contributed by atoms with Crippen molar-refractivity contribution in [2.24, 2.45) is 0 Å². The second kappa shape index (κ2) is 7.14. The summed E-state index contributed by atoms with van der Waals surface area (Å²) >= 11 is 5.82. The number of benzene rings is 1. The van der Waals surface area contributed by atoms with E-state index in [2.05, 4.69) is 5.32 Å². The highest BCUT2D eigenvalue weighted by molar-refractivity contribution is 6.30. The first-order valence-electron chi connectivity index (χ1n) is 5.47. The number of carboxylic acid groups (broad SMARTS) is 1. The molecule has 4 nitrogen and oxygen atoms in total. The normalized spacial score (nSPS) is 10.4. The summed E-state index contributed by atoms with van der Waals surface area (Å²) in [4.78, 5) is 10.1. The number of carbonyl (C=O) groups is 1. The van der Waals surface area contributed by atoms with Gasteiger partial charge in [0.25, 0.3) is 0 Å². The molecular weight excluding hydrogens is 242 g/mol. The fourth-order valence-corrected chi connectivity index (χ4v) is 1.67. The Balaban J connectivity index is 2.22. The lowest BCUT2D eigenvalue weighted by atomic mass is 10.1. The van der Waals surface area contributed by atoms with Gasteiger partial charge in [0.1, 0.15) is 5.75 Å². The van der Waals surface area contributed by atoms with Gasteiger partial charge in [-0.1, -0.05) is 11.6 Å². The number of halogens is 1. The number of nitrogens with one attached hydrogen (secondary N) is 1. The van der Waals surface area contributed by atoms with Crippen molar-refractivity contribution in [1.82, 2.24) is 5.32 Å². The van der Waals surface area contributed by atoms with Crippen molar-refractivity contribution in [3.63, 3.8) is 0 Å².